The van der Waals surface area contributed by atoms with Crippen molar-refractivity contribution < 1.29 is 18.9 Å². The highest BCUT2D eigenvalue weighted by molar-refractivity contribution is 6.20. The van der Waals surface area contributed by atoms with Gasteiger partial charge in [0.25, 0.3) is 0 Å². The molecular weight excluding hydrogens is 208 g/mol. The molecule has 2 rings (SSSR count). The van der Waals surface area contributed by atoms with Crippen LogP contribution in [0.1, 0.15) is 13.8 Å². The van der Waals surface area contributed by atoms with Crippen molar-refractivity contribution in [2.45, 2.75) is 43.5 Å². The third kappa shape index (κ3) is 1.77. The lowest BCUT2D eigenvalue weighted by atomic mass is 10.2. The van der Waals surface area contributed by atoms with Crippen molar-refractivity contribution in [3.8, 4) is 0 Å². The Morgan fingerprint density at radius 2 is 1.93 bits per heavy atom. The summed E-state index contributed by atoms with van der Waals surface area (Å²) in [5.41, 5.74) is -0.443. The minimum Gasteiger partial charge on any atom is -0.382 e. The molecule has 0 aromatic rings. The van der Waals surface area contributed by atoms with Gasteiger partial charge in [0.2, 0.25) is 0 Å². The van der Waals surface area contributed by atoms with E-state index in [1.807, 2.05) is 13.8 Å². The summed E-state index contributed by atoms with van der Waals surface area (Å²) in [6.45, 7) is 4.22. The number of fused-ring (bicyclic) bond motifs is 1. The summed E-state index contributed by atoms with van der Waals surface area (Å²) in [4.78, 5) is 0. The fourth-order valence-electron chi connectivity index (χ4n) is 1.93. The van der Waals surface area contributed by atoms with E-state index < -0.39 is 11.4 Å². The third-order valence-electron chi connectivity index (χ3n) is 2.42. The van der Waals surface area contributed by atoms with Crippen LogP contribution in [0.15, 0.2) is 0 Å². The van der Waals surface area contributed by atoms with E-state index in [2.05, 4.69) is 0 Å². The Bertz CT molecular complexity index is 221. The molecule has 2 aliphatic rings. The van der Waals surface area contributed by atoms with E-state index in [0.29, 0.717) is 6.61 Å². The summed E-state index contributed by atoms with van der Waals surface area (Å²) in [5, 5.41) is 0. The molecule has 0 aromatic heterocycles. The van der Waals surface area contributed by atoms with E-state index in [9.17, 15) is 0 Å². The van der Waals surface area contributed by atoms with Crippen LogP contribution in [0.2, 0.25) is 0 Å². The van der Waals surface area contributed by atoms with Crippen molar-refractivity contribution in [1.82, 2.24) is 0 Å². The largest absolute Gasteiger partial charge is 0.382 e. The van der Waals surface area contributed by atoms with Gasteiger partial charge in [-0.15, -0.1) is 0 Å². The quantitative estimate of drug-likeness (QED) is 0.656. The summed E-state index contributed by atoms with van der Waals surface area (Å²) >= 11 is 5.99. The number of hydrogen-bond acceptors (Lipinski definition) is 4. The molecule has 0 amide bonds. The number of hydrogen-bond donors (Lipinski definition) is 0. The molecule has 4 nitrogen and oxygen atoms in total. The number of rotatable bonds is 2. The first-order valence-electron chi connectivity index (χ1n) is 4.67. The maximum absolute atomic E-state index is 5.99. The molecule has 0 aromatic carbocycles. The molecule has 0 aliphatic carbocycles. The molecule has 0 spiro atoms. The predicted octanol–water partition coefficient (Wildman–Crippen LogP) is 1.12. The van der Waals surface area contributed by atoms with Crippen molar-refractivity contribution in [1.29, 1.82) is 0 Å². The highest BCUT2D eigenvalue weighted by Crippen LogP contribution is 2.39. The summed E-state index contributed by atoms with van der Waals surface area (Å²) in [6, 6.07) is 0. The maximum Gasteiger partial charge on any atom is 0.164 e. The lowest BCUT2D eigenvalue weighted by Gasteiger charge is -2.22. The summed E-state index contributed by atoms with van der Waals surface area (Å²) in [5.74, 6) is -0.571. The summed E-state index contributed by atoms with van der Waals surface area (Å²) in [6.07, 6.45) is -0.437. The van der Waals surface area contributed by atoms with E-state index in [1.165, 1.54) is 0 Å². The van der Waals surface area contributed by atoms with Gasteiger partial charge in [-0.1, -0.05) is 11.6 Å². The zero-order valence-electron chi connectivity index (χ0n) is 8.53. The number of alkyl halides is 1. The molecule has 2 fully saturated rings. The molecule has 2 saturated heterocycles. The van der Waals surface area contributed by atoms with Crippen LogP contribution in [0.3, 0.4) is 0 Å². The monoisotopic (exact) mass is 222 g/mol. The predicted molar refractivity (Wildman–Crippen MR) is 50.2 cm³/mol. The van der Waals surface area contributed by atoms with Crippen LogP contribution < -0.4 is 0 Å². The highest BCUT2D eigenvalue weighted by Gasteiger charge is 2.54. The van der Waals surface area contributed by atoms with Gasteiger partial charge in [0.05, 0.1) is 6.61 Å². The number of halogens is 1. The van der Waals surface area contributed by atoms with E-state index in [1.54, 1.807) is 7.11 Å². The molecule has 0 unspecified atom stereocenters. The van der Waals surface area contributed by atoms with E-state index in [-0.39, 0.29) is 18.3 Å². The summed E-state index contributed by atoms with van der Waals surface area (Å²) in [7, 11) is 1.63. The normalized spacial score (nSPS) is 45.4. The first-order chi connectivity index (χ1) is 6.53. The molecule has 82 valence electrons. The molecule has 0 bridgehead atoms. The Kier molecular flexibility index (Phi) is 2.74. The van der Waals surface area contributed by atoms with Crippen LogP contribution in [0, 0.1) is 0 Å². The van der Waals surface area contributed by atoms with Crippen LogP contribution in [0.25, 0.3) is 0 Å². The minimum absolute atomic E-state index is 0.118. The average molecular weight is 223 g/mol. The molecule has 5 heteroatoms. The standard InChI is InChI=1S/C9H15ClO4/c1-9(2)13-6-5(4-11-3)12-8(10)7(6)14-9/h5-8H,4H2,1-3H3/t5-,6-,7-,8-/m1/s1. The van der Waals surface area contributed by atoms with Gasteiger partial charge in [0.1, 0.15) is 18.3 Å². The van der Waals surface area contributed by atoms with Crippen LogP contribution in [-0.2, 0) is 18.9 Å². The average Bonchev–Trinajstić information content (AvgIpc) is 2.51. The van der Waals surface area contributed by atoms with Gasteiger partial charge in [-0.05, 0) is 13.8 Å². The SMILES string of the molecule is COC[C@H]1O[C@@H](Cl)[C@@H]2OC(C)(C)O[C@@H]21. The molecular formula is C9H15ClO4. The van der Waals surface area contributed by atoms with E-state index in [0.717, 1.165) is 0 Å². The Morgan fingerprint density at radius 1 is 1.29 bits per heavy atom. The van der Waals surface area contributed by atoms with Gasteiger partial charge in [-0.3, -0.25) is 0 Å². The Morgan fingerprint density at radius 3 is 2.57 bits per heavy atom. The van der Waals surface area contributed by atoms with Crippen molar-refractivity contribution in [2.24, 2.45) is 0 Å². The van der Waals surface area contributed by atoms with E-state index >= 15 is 0 Å². The third-order valence-corrected chi connectivity index (χ3v) is 2.78. The van der Waals surface area contributed by atoms with Crippen LogP contribution in [0.5, 0.6) is 0 Å². The van der Waals surface area contributed by atoms with Gasteiger partial charge >= 0.3 is 0 Å². The highest BCUT2D eigenvalue weighted by atomic mass is 35.5. The van der Waals surface area contributed by atoms with Crippen molar-refractivity contribution in [2.75, 3.05) is 13.7 Å². The lowest BCUT2D eigenvalue weighted by molar-refractivity contribution is -0.183. The second-order valence-electron chi connectivity index (χ2n) is 4.05. The molecule has 4 atom stereocenters. The molecule has 0 radical (unpaired) electrons. The second kappa shape index (κ2) is 3.61. The van der Waals surface area contributed by atoms with Gasteiger partial charge in [0, 0.05) is 7.11 Å². The molecule has 2 aliphatic heterocycles. The molecule has 0 saturated carbocycles. The number of methoxy groups -OCH3 is 1. The van der Waals surface area contributed by atoms with Crippen LogP contribution in [-0.4, -0.2) is 43.4 Å². The van der Waals surface area contributed by atoms with Crippen LogP contribution in [0.4, 0.5) is 0 Å². The number of ether oxygens (including phenoxy) is 4. The minimum atomic E-state index is -0.571. The van der Waals surface area contributed by atoms with Crippen molar-refractivity contribution in [3.63, 3.8) is 0 Å². The second-order valence-corrected chi connectivity index (χ2v) is 4.48. The summed E-state index contributed by atoms with van der Waals surface area (Å²) < 4.78 is 21.8. The molecule has 14 heavy (non-hydrogen) atoms. The van der Waals surface area contributed by atoms with Crippen molar-refractivity contribution in [3.05, 3.63) is 0 Å². The van der Waals surface area contributed by atoms with Gasteiger partial charge in [0.15, 0.2) is 11.4 Å². The Hall–Kier alpha value is 0.130. The van der Waals surface area contributed by atoms with E-state index in [4.69, 9.17) is 30.5 Å². The fraction of sp³-hybridized carbons (Fsp3) is 1.00. The lowest BCUT2D eigenvalue weighted by Crippen LogP contribution is -2.32. The fourth-order valence-corrected chi connectivity index (χ4v) is 2.25. The first kappa shape index (κ1) is 10.6. The zero-order valence-corrected chi connectivity index (χ0v) is 9.28. The van der Waals surface area contributed by atoms with Crippen LogP contribution >= 0.6 is 11.6 Å². The Balaban J connectivity index is 2.07. The molecule has 0 N–H and O–H groups in total. The zero-order chi connectivity index (χ0) is 10.3. The smallest absolute Gasteiger partial charge is 0.164 e. The van der Waals surface area contributed by atoms with Gasteiger partial charge in [-0.2, -0.15) is 0 Å². The maximum atomic E-state index is 5.99. The first-order valence-corrected chi connectivity index (χ1v) is 5.11. The van der Waals surface area contributed by atoms with Gasteiger partial charge < -0.3 is 18.9 Å². The van der Waals surface area contributed by atoms with Crippen molar-refractivity contribution >= 4 is 11.6 Å². The topological polar surface area (TPSA) is 36.9 Å². The molecule has 2 heterocycles. The van der Waals surface area contributed by atoms with Gasteiger partial charge in [-0.25, -0.2) is 0 Å². The Labute approximate surface area is 88.4 Å².